The summed E-state index contributed by atoms with van der Waals surface area (Å²) in [7, 11) is 0. The van der Waals surface area contributed by atoms with Gasteiger partial charge in [0, 0.05) is 48.5 Å². The fourth-order valence-electron chi connectivity index (χ4n) is 3.39. The number of hydrogen-bond donors (Lipinski definition) is 2. The molecular formula is C21H21F3N6OS2. The van der Waals surface area contributed by atoms with Crippen LogP contribution in [-0.2, 0) is 11.9 Å². The van der Waals surface area contributed by atoms with E-state index in [0.717, 1.165) is 22.2 Å². The van der Waals surface area contributed by atoms with Crippen molar-refractivity contribution in [3.63, 3.8) is 0 Å². The van der Waals surface area contributed by atoms with Gasteiger partial charge in [0.05, 0.1) is 10.4 Å². The molecule has 1 fully saturated rings. The number of benzene rings is 1. The second-order valence-electron chi connectivity index (χ2n) is 7.54. The number of nitrogen functional groups attached to an aromatic ring is 1. The van der Waals surface area contributed by atoms with E-state index in [1.165, 1.54) is 35.5 Å². The first-order chi connectivity index (χ1) is 15.8. The number of piperidine rings is 1. The first kappa shape index (κ1) is 23.3. The van der Waals surface area contributed by atoms with Crippen LogP contribution in [0, 0.1) is 0 Å². The lowest BCUT2D eigenvalue weighted by Gasteiger charge is -2.33. The minimum atomic E-state index is -4.54. The topological polar surface area (TPSA) is 97.0 Å². The molecule has 4 rings (SSSR count). The number of nitrogens with two attached hydrogens (primary N) is 1. The van der Waals surface area contributed by atoms with E-state index in [1.807, 2.05) is 4.90 Å². The summed E-state index contributed by atoms with van der Waals surface area (Å²) in [5.41, 5.74) is 7.53. The number of nitrogens with one attached hydrogen (secondary N) is 1. The maximum atomic E-state index is 12.8. The number of likely N-dealkylation sites (tertiary alicyclic amines) is 1. The number of nitrogens with zero attached hydrogens (tertiary/aromatic N) is 4. The van der Waals surface area contributed by atoms with Gasteiger partial charge in [-0.1, -0.05) is 11.3 Å². The molecule has 1 aliphatic heterocycles. The number of aromatic nitrogens is 3. The van der Waals surface area contributed by atoms with Gasteiger partial charge in [-0.25, -0.2) is 15.0 Å². The zero-order valence-corrected chi connectivity index (χ0v) is 19.0. The average molecular weight is 495 g/mol. The van der Waals surface area contributed by atoms with Gasteiger partial charge < -0.3 is 16.0 Å². The predicted molar refractivity (Wildman–Crippen MR) is 122 cm³/mol. The van der Waals surface area contributed by atoms with Gasteiger partial charge in [-0.15, -0.1) is 11.8 Å². The highest BCUT2D eigenvalue weighted by Gasteiger charge is 2.34. The molecule has 174 valence electrons. The van der Waals surface area contributed by atoms with E-state index in [9.17, 15) is 18.0 Å². The summed E-state index contributed by atoms with van der Waals surface area (Å²) < 4.78 is 38.6. The summed E-state index contributed by atoms with van der Waals surface area (Å²) in [6, 6.07) is 7.00. The number of thiazole rings is 1. The van der Waals surface area contributed by atoms with Gasteiger partial charge in [0.15, 0.2) is 5.13 Å². The average Bonchev–Trinajstić information content (AvgIpc) is 3.25. The smallest absolute Gasteiger partial charge is 0.399 e. The van der Waals surface area contributed by atoms with Crippen molar-refractivity contribution >= 4 is 39.8 Å². The van der Waals surface area contributed by atoms with E-state index >= 15 is 0 Å². The maximum absolute atomic E-state index is 12.8. The molecule has 0 unspecified atom stereocenters. The number of alkyl halides is 3. The molecule has 3 N–H and O–H groups in total. The summed E-state index contributed by atoms with van der Waals surface area (Å²) >= 11 is 2.92. The van der Waals surface area contributed by atoms with Gasteiger partial charge in [0.2, 0.25) is 5.82 Å². The molecule has 7 nitrogen and oxygen atoms in total. The van der Waals surface area contributed by atoms with Crippen molar-refractivity contribution in [2.45, 2.75) is 35.0 Å². The number of amides is 1. The SMILES string of the molecule is Nc1ccc(C(=O)N2CCC[C@@H](Nc3ncc(SCc4cnc(C(F)(F)F)nc4)s3)C2)cc1. The molecule has 3 aromatic rings. The summed E-state index contributed by atoms with van der Waals surface area (Å²) in [5.74, 6) is -0.722. The summed E-state index contributed by atoms with van der Waals surface area (Å²) in [4.78, 5) is 25.8. The van der Waals surface area contributed by atoms with Crippen LogP contribution in [0.5, 0.6) is 0 Å². The lowest BCUT2D eigenvalue weighted by Crippen LogP contribution is -2.45. The molecule has 0 aliphatic carbocycles. The quantitative estimate of drug-likeness (QED) is 0.384. The van der Waals surface area contributed by atoms with E-state index < -0.39 is 12.0 Å². The molecule has 0 spiro atoms. The fourth-order valence-corrected chi connectivity index (χ4v) is 5.25. The number of rotatable bonds is 6. The van der Waals surface area contributed by atoms with Gasteiger partial charge in [-0.3, -0.25) is 4.79 Å². The zero-order chi connectivity index (χ0) is 23.4. The molecular weight excluding hydrogens is 473 g/mol. The molecule has 33 heavy (non-hydrogen) atoms. The summed E-state index contributed by atoms with van der Waals surface area (Å²) in [6.07, 6.45) is 1.38. The Balaban J connectivity index is 1.30. The molecule has 2 aromatic heterocycles. The highest BCUT2D eigenvalue weighted by atomic mass is 32.2. The number of anilines is 2. The Morgan fingerprint density at radius 2 is 1.91 bits per heavy atom. The number of carbonyl (C=O) groups excluding carboxylic acids is 1. The Kier molecular flexibility index (Phi) is 7.03. The van der Waals surface area contributed by atoms with Crippen LogP contribution in [0.15, 0.2) is 47.1 Å². The van der Waals surface area contributed by atoms with Crippen LogP contribution in [0.25, 0.3) is 0 Å². The third-order valence-electron chi connectivity index (χ3n) is 5.02. The van der Waals surface area contributed by atoms with Crippen molar-refractivity contribution in [1.29, 1.82) is 0 Å². The third kappa shape index (κ3) is 6.14. The number of hydrogen-bond acceptors (Lipinski definition) is 8. The van der Waals surface area contributed by atoms with E-state index in [2.05, 4.69) is 20.3 Å². The first-order valence-electron chi connectivity index (χ1n) is 10.2. The monoisotopic (exact) mass is 494 g/mol. The maximum Gasteiger partial charge on any atom is 0.451 e. The highest BCUT2D eigenvalue weighted by molar-refractivity contribution is 8.00. The van der Waals surface area contributed by atoms with E-state index in [4.69, 9.17) is 5.73 Å². The molecule has 0 bridgehead atoms. The van der Waals surface area contributed by atoms with Gasteiger partial charge in [0.25, 0.3) is 5.91 Å². The van der Waals surface area contributed by atoms with E-state index in [1.54, 1.807) is 30.5 Å². The molecule has 3 heterocycles. The normalized spacial score (nSPS) is 16.6. The zero-order valence-electron chi connectivity index (χ0n) is 17.4. The minimum Gasteiger partial charge on any atom is -0.399 e. The van der Waals surface area contributed by atoms with Crippen LogP contribution in [0.3, 0.4) is 0 Å². The second kappa shape index (κ2) is 9.96. The molecule has 0 saturated carbocycles. The fraction of sp³-hybridized carbons (Fsp3) is 0.333. The van der Waals surface area contributed by atoms with Crippen molar-refractivity contribution in [3.8, 4) is 0 Å². The van der Waals surface area contributed by atoms with Crippen LogP contribution < -0.4 is 11.1 Å². The lowest BCUT2D eigenvalue weighted by molar-refractivity contribution is -0.145. The Morgan fingerprint density at radius 3 is 2.61 bits per heavy atom. The van der Waals surface area contributed by atoms with Gasteiger partial charge in [-0.05, 0) is 42.7 Å². The first-order valence-corrected chi connectivity index (χ1v) is 12.0. The molecule has 1 aromatic carbocycles. The highest BCUT2D eigenvalue weighted by Crippen LogP contribution is 2.32. The van der Waals surface area contributed by atoms with Crippen LogP contribution in [0.2, 0.25) is 0 Å². The molecule has 0 radical (unpaired) electrons. The molecule has 12 heteroatoms. The van der Waals surface area contributed by atoms with Gasteiger partial charge >= 0.3 is 6.18 Å². The van der Waals surface area contributed by atoms with Crippen molar-refractivity contribution in [1.82, 2.24) is 19.9 Å². The van der Waals surface area contributed by atoms with Crippen molar-refractivity contribution in [3.05, 3.63) is 59.8 Å². The summed E-state index contributed by atoms with van der Waals surface area (Å²) in [5, 5.41) is 4.14. The van der Waals surface area contributed by atoms with E-state index in [-0.39, 0.29) is 11.9 Å². The number of halogens is 3. The largest absolute Gasteiger partial charge is 0.451 e. The molecule has 1 aliphatic rings. The van der Waals surface area contributed by atoms with E-state index in [0.29, 0.717) is 35.7 Å². The minimum absolute atomic E-state index is 0.0179. The molecule has 1 amide bonds. The van der Waals surface area contributed by atoms with Crippen molar-refractivity contribution < 1.29 is 18.0 Å². The molecule has 1 atom stereocenters. The standard InChI is InChI=1S/C21H21F3N6OS2/c22-21(23,24)19-26-8-13(9-27-19)12-32-17-10-28-20(33-17)29-16-2-1-7-30(11-16)18(31)14-3-5-15(25)6-4-14/h3-6,8-10,16H,1-2,7,11-12,25H2,(H,28,29)/t16-/m1/s1. The van der Waals surface area contributed by atoms with Crippen LogP contribution in [0.1, 0.15) is 34.6 Å². The van der Waals surface area contributed by atoms with Crippen molar-refractivity contribution in [2.24, 2.45) is 0 Å². The summed E-state index contributed by atoms with van der Waals surface area (Å²) in [6.45, 7) is 1.28. The van der Waals surface area contributed by atoms with Gasteiger partial charge in [-0.2, -0.15) is 13.2 Å². The van der Waals surface area contributed by atoms with Gasteiger partial charge in [0.1, 0.15) is 0 Å². The number of thioether (sulfide) groups is 1. The Labute approximate surface area is 196 Å². The lowest BCUT2D eigenvalue weighted by atomic mass is 10.0. The third-order valence-corrected chi connectivity index (χ3v) is 7.21. The predicted octanol–water partition coefficient (Wildman–Crippen LogP) is 4.54. The van der Waals surface area contributed by atoms with Crippen LogP contribution in [-0.4, -0.2) is 44.9 Å². The second-order valence-corrected chi connectivity index (χ2v) is 9.85. The van der Waals surface area contributed by atoms with Crippen LogP contribution in [0.4, 0.5) is 24.0 Å². The number of carbonyl (C=O) groups is 1. The molecule has 1 saturated heterocycles. The Hall–Kier alpha value is -2.86. The Bertz CT molecular complexity index is 1090. The van der Waals surface area contributed by atoms with Crippen LogP contribution >= 0.6 is 23.1 Å². The Morgan fingerprint density at radius 1 is 1.18 bits per heavy atom. The van der Waals surface area contributed by atoms with Crippen molar-refractivity contribution in [2.75, 3.05) is 24.1 Å².